The molecule has 2 N–H and O–H groups in total. The van der Waals surface area contributed by atoms with Gasteiger partial charge in [-0.2, -0.15) is 4.98 Å². The zero-order valence-electron chi connectivity index (χ0n) is 11.6. The van der Waals surface area contributed by atoms with Gasteiger partial charge < -0.3 is 10.3 Å². The van der Waals surface area contributed by atoms with Crippen molar-refractivity contribution in [2.75, 3.05) is 0 Å². The molecule has 0 amide bonds. The Morgan fingerprint density at radius 3 is 2.32 bits per heavy atom. The summed E-state index contributed by atoms with van der Waals surface area (Å²) in [6, 6.07) is 4.08. The maximum atomic E-state index is 5.85. The number of rotatable bonds is 3. The van der Waals surface area contributed by atoms with Crippen molar-refractivity contribution in [3.05, 3.63) is 33.6 Å². The molecule has 1 aromatic carbocycles. The molecule has 0 radical (unpaired) electrons. The number of nitrogens with two attached hydrogens (primary N) is 1. The summed E-state index contributed by atoms with van der Waals surface area (Å²) in [5, 5.41) is 4.04. The van der Waals surface area contributed by atoms with Crippen molar-refractivity contribution in [1.29, 1.82) is 0 Å². The highest BCUT2D eigenvalue weighted by molar-refractivity contribution is 9.10. The Morgan fingerprint density at radius 1 is 1.21 bits per heavy atom. The Labute approximate surface area is 121 Å². The van der Waals surface area contributed by atoms with Gasteiger partial charge in [-0.05, 0) is 44.0 Å². The van der Waals surface area contributed by atoms with Gasteiger partial charge in [0.15, 0.2) is 0 Å². The first-order chi connectivity index (χ1) is 8.90. The summed E-state index contributed by atoms with van der Waals surface area (Å²) in [4.78, 5) is 4.44. The monoisotopic (exact) mass is 323 g/mol. The standard InChI is InChI=1S/C14H18BrN3O/c1-7-5-11(6-8(2)12(7)15)13-17-14(19-18-13)9(3)10(4)16/h5-6,9-10H,16H2,1-4H3. The molecular formula is C14H18BrN3O. The number of aryl methyl sites for hydroxylation is 2. The molecule has 0 saturated heterocycles. The molecule has 0 aliphatic carbocycles. The molecule has 0 saturated carbocycles. The third-order valence-corrected chi connectivity index (χ3v) is 4.57. The van der Waals surface area contributed by atoms with E-state index in [1.165, 1.54) is 0 Å². The summed E-state index contributed by atoms with van der Waals surface area (Å²) in [5.74, 6) is 1.25. The van der Waals surface area contributed by atoms with Crippen LogP contribution < -0.4 is 5.73 Å². The van der Waals surface area contributed by atoms with Crippen molar-refractivity contribution >= 4 is 15.9 Å². The van der Waals surface area contributed by atoms with Crippen LogP contribution in [0.4, 0.5) is 0 Å². The molecule has 0 bridgehead atoms. The number of halogens is 1. The number of nitrogens with zero attached hydrogens (tertiary/aromatic N) is 2. The van der Waals surface area contributed by atoms with Crippen LogP contribution in [0.25, 0.3) is 11.4 Å². The Kier molecular flexibility index (Phi) is 4.06. The highest BCUT2D eigenvalue weighted by Crippen LogP contribution is 2.28. The van der Waals surface area contributed by atoms with Crippen LogP contribution in [0.3, 0.4) is 0 Å². The average Bonchev–Trinajstić information content (AvgIpc) is 2.83. The zero-order chi connectivity index (χ0) is 14.2. The molecule has 1 heterocycles. The van der Waals surface area contributed by atoms with Gasteiger partial charge in [-0.25, -0.2) is 0 Å². The molecule has 2 aromatic rings. The zero-order valence-corrected chi connectivity index (χ0v) is 13.2. The van der Waals surface area contributed by atoms with Crippen LogP contribution in [0.15, 0.2) is 21.1 Å². The third-order valence-electron chi connectivity index (χ3n) is 3.31. The fourth-order valence-corrected chi connectivity index (χ4v) is 2.07. The summed E-state index contributed by atoms with van der Waals surface area (Å²) in [6.45, 7) is 8.01. The van der Waals surface area contributed by atoms with E-state index in [1.54, 1.807) is 0 Å². The van der Waals surface area contributed by atoms with Crippen LogP contribution in [0.5, 0.6) is 0 Å². The lowest BCUT2D eigenvalue weighted by Gasteiger charge is -2.09. The van der Waals surface area contributed by atoms with E-state index in [9.17, 15) is 0 Å². The summed E-state index contributed by atoms with van der Waals surface area (Å²) < 4.78 is 6.41. The van der Waals surface area contributed by atoms with Crippen LogP contribution in [-0.2, 0) is 0 Å². The van der Waals surface area contributed by atoms with Gasteiger partial charge in [-0.3, -0.25) is 0 Å². The second-order valence-electron chi connectivity index (χ2n) is 5.03. The van der Waals surface area contributed by atoms with Gasteiger partial charge in [0.05, 0.1) is 5.92 Å². The fraction of sp³-hybridized carbons (Fsp3) is 0.429. The van der Waals surface area contributed by atoms with E-state index in [0.29, 0.717) is 11.7 Å². The third kappa shape index (κ3) is 2.87. The summed E-state index contributed by atoms with van der Waals surface area (Å²) >= 11 is 3.55. The van der Waals surface area contributed by atoms with E-state index < -0.39 is 0 Å². The molecular weight excluding hydrogens is 306 g/mol. The predicted molar refractivity (Wildman–Crippen MR) is 79.0 cm³/mol. The first-order valence-electron chi connectivity index (χ1n) is 6.26. The lowest BCUT2D eigenvalue weighted by molar-refractivity contribution is 0.347. The van der Waals surface area contributed by atoms with E-state index in [1.807, 2.05) is 39.8 Å². The maximum Gasteiger partial charge on any atom is 0.231 e. The predicted octanol–water partition coefficient (Wildman–Crippen LogP) is 3.57. The Hall–Kier alpha value is -1.20. The number of hydrogen-bond acceptors (Lipinski definition) is 4. The molecule has 5 heteroatoms. The van der Waals surface area contributed by atoms with Crippen molar-refractivity contribution in [1.82, 2.24) is 10.1 Å². The molecule has 4 nitrogen and oxygen atoms in total. The van der Waals surface area contributed by atoms with Crippen LogP contribution in [-0.4, -0.2) is 16.2 Å². The summed E-state index contributed by atoms with van der Waals surface area (Å²) in [7, 11) is 0. The lowest BCUT2D eigenvalue weighted by atomic mass is 10.0. The highest BCUT2D eigenvalue weighted by atomic mass is 79.9. The maximum absolute atomic E-state index is 5.85. The van der Waals surface area contributed by atoms with Crippen LogP contribution >= 0.6 is 15.9 Å². The minimum absolute atomic E-state index is 0.0123. The van der Waals surface area contributed by atoms with Gasteiger partial charge in [0.2, 0.25) is 11.7 Å². The van der Waals surface area contributed by atoms with Crippen molar-refractivity contribution in [2.45, 2.75) is 39.7 Å². The normalized spacial score (nSPS) is 14.4. The molecule has 1 aromatic heterocycles. The van der Waals surface area contributed by atoms with Crippen LogP contribution in [0, 0.1) is 13.8 Å². The number of hydrogen-bond donors (Lipinski definition) is 1. The molecule has 0 aliphatic heterocycles. The van der Waals surface area contributed by atoms with Gasteiger partial charge in [-0.15, -0.1) is 0 Å². The fourth-order valence-electron chi connectivity index (χ4n) is 1.84. The number of benzene rings is 1. The summed E-state index contributed by atoms with van der Waals surface area (Å²) in [5.41, 5.74) is 9.12. The van der Waals surface area contributed by atoms with Crippen molar-refractivity contribution < 1.29 is 4.52 Å². The van der Waals surface area contributed by atoms with Gasteiger partial charge in [0, 0.05) is 16.1 Å². The molecule has 2 atom stereocenters. The second kappa shape index (κ2) is 5.43. The Morgan fingerprint density at radius 2 is 1.79 bits per heavy atom. The van der Waals surface area contributed by atoms with Crippen LogP contribution in [0.2, 0.25) is 0 Å². The SMILES string of the molecule is Cc1cc(-c2noc(C(C)C(C)N)n2)cc(C)c1Br. The highest BCUT2D eigenvalue weighted by Gasteiger charge is 2.19. The minimum atomic E-state index is -0.0123. The quantitative estimate of drug-likeness (QED) is 0.937. The second-order valence-corrected chi connectivity index (χ2v) is 5.82. The van der Waals surface area contributed by atoms with Crippen molar-refractivity contribution in [3.8, 4) is 11.4 Å². The Balaban J connectivity index is 2.38. The van der Waals surface area contributed by atoms with E-state index >= 15 is 0 Å². The van der Waals surface area contributed by atoms with Gasteiger partial charge >= 0.3 is 0 Å². The van der Waals surface area contributed by atoms with E-state index in [4.69, 9.17) is 10.3 Å². The van der Waals surface area contributed by atoms with E-state index in [0.717, 1.165) is 21.2 Å². The van der Waals surface area contributed by atoms with Gasteiger partial charge in [-0.1, -0.05) is 28.0 Å². The van der Waals surface area contributed by atoms with Crippen molar-refractivity contribution in [2.24, 2.45) is 5.73 Å². The Bertz CT molecular complexity index is 569. The largest absolute Gasteiger partial charge is 0.339 e. The topological polar surface area (TPSA) is 64.9 Å². The average molecular weight is 324 g/mol. The molecule has 2 rings (SSSR count). The van der Waals surface area contributed by atoms with Crippen LogP contribution in [0.1, 0.15) is 36.8 Å². The van der Waals surface area contributed by atoms with E-state index in [-0.39, 0.29) is 12.0 Å². The first kappa shape index (κ1) is 14.2. The number of aromatic nitrogens is 2. The first-order valence-corrected chi connectivity index (χ1v) is 7.05. The minimum Gasteiger partial charge on any atom is -0.339 e. The molecule has 0 spiro atoms. The molecule has 19 heavy (non-hydrogen) atoms. The van der Waals surface area contributed by atoms with Gasteiger partial charge in [0.25, 0.3) is 0 Å². The summed E-state index contributed by atoms with van der Waals surface area (Å²) in [6.07, 6.45) is 0. The molecule has 0 aliphatic rings. The van der Waals surface area contributed by atoms with Gasteiger partial charge in [0.1, 0.15) is 0 Å². The lowest BCUT2D eigenvalue weighted by Crippen LogP contribution is -2.22. The molecule has 102 valence electrons. The molecule has 2 unspecified atom stereocenters. The van der Waals surface area contributed by atoms with Crippen molar-refractivity contribution in [3.63, 3.8) is 0 Å². The van der Waals surface area contributed by atoms with E-state index in [2.05, 4.69) is 26.1 Å². The molecule has 0 fully saturated rings. The smallest absolute Gasteiger partial charge is 0.231 e.